The number of carboxylic acids is 1. The van der Waals surface area contributed by atoms with Gasteiger partial charge in [-0.3, -0.25) is 0 Å². The van der Waals surface area contributed by atoms with Gasteiger partial charge < -0.3 is 5.11 Å². The van der Waals surface area contributed by atoms with Gasteiger partial charge in [0.05, 0.1) is 5.56 Å². The van der Waals surface area contributed by atoms with Crippen molar-refractivity contribution in [2.75, 3.05) is 0 Å². The molecule has 0 aliphatic heterocycles. The highest BCUT2D eigenvalue weighted by molar-refractivity contribution is 7.89. The summed E-state index contributed by atoms with van der Waals surface area (Å²) < 4.78 is 41.3. The van der Waals surface area contributed by atoms with Crippen LogP contribution in [0.25, 0.3) is 0 Å². The van der Waals surface area contributed by atoms with E-state index in [2.05, 4.69) is 4.72 Å². The molecular formula is C14H18FNO4S. The zero-order valence-corrected chi connectivity index (χ0v) is 12.7. The molecular weight excluding hydrogens is 297 g/mol. The molecule has 0 spiro atoms. The first-order valence-corrected chi connectivity index (χ1v) is 8.30. The molecule has 0 aromatic heterocycles. The quantitative estimate of drug-likeness (QED) is 0.843. The average Bonchev–Trinajstić information content (AvgIpc) is 3.22. The lowest BCUT2D eigenvalue weighted by molar-refractivity contribution is 0.0691. The number of sulfonamides is 1. The highest BCUT2D eigenvalue weighted by Gasteiger charge is 2.34. The Morgan fingerprint density at radius 3 is 2.57 bits per heavy atom. The lowest BCUT2D eigenvalue weighted by atomic mass is 10.1. The van der Waals surface area contributed by atoms with E-state index in [9.17, 15) is 17.6 Å². The molecule has 2 rings (SSSR count). The normalized spacial score (nSPS) is 16.7. The molecule has 1 saturated carbocycles. The average molecular weight is 315 g/mol. The molecule has 2 N–H and O–H groups in total. The van der Waals surface area contributed by atoms with Gasteiger partial charge in [0.2, 0.25) is 10.0 Å². The van der Waals surface area contributed by atoms with Gasteiger partial charge in [-0.15, -0.1) is 0 Å². The number of hydrogen-bond acceptors (Lipinski definition) is 3. The highest BCUT2D eigenvalue weighted by atomic mass is 32.2. The van der Waals surface area contributed by atoms with Gasteiger partial charge in [0.1, 0.15) is 4.90 Å². The molecule has 0 heterocycles. The molecule has 21 heavy (non-hydrogen) atoms. The predicted molar refractivity (Wildman–Crippen MR) is 75.2 cm³/mol. The van der Waals surface area contributed by atoms with Gasteiger partial charge in [-0.25, -0.2) is 22.3 Å². The lowest BCUT2D eigenvalue weighted by Crippen LogP contribution is -2.36. The zero-order chi connectivity index (χ0) is 15.8. The summed E-state index contributed by atoms with van der Waals surface area (Å²) in [5.41, 5.74) is -0.247. The Labute approximate surface area is 123 Å². The number of aryl methyl sites for hydroxylation is 1. The molecule has 1 unspecified atom stereocenters. The third-order valence-electron chi connectivity index (χ3n) is 3.64. The predicted octanol–water partition coefficient (Wildman–Crippen LogP) is 2.30. The molecule has 0 saturated heterocycles. The van der Waals surface area contributed by atoms with Gasteiger partial charge in [0.15, 0.2) is 5.82 Å². The fraction of sp³-hybridized carbons (Fsp3) is 0.500. The number of carboxylic acid groups (broad SMARTS) is 1. The summed E-state index contributed by atoms with van der Waals surface area (Å²) >= 11 is 0. The number of aromatic carboxylic acids is 1. The summed E-state index contributed by atoms with van der Waals surface area (Å²) in [5.74, 6) is -2.41. The summed E-state index contributed by atoms with van der Waals surface area (Å²) in [6, 6.07) is 2.04. The SMILES string of the molecule is CCC(NS(=O)(=O)c1cc(C)cc(C(=O)O)c1F)C1CC1. The van der Waals surface area contributed by atoms with Crippen molar-refractivity contribution in [1.29, 1.82) is 0 Å². The molecule has 0 amide bonds. The van der Waals surface area contributed by atoms with Crippen molar-refractivity contribution in [3.63, 3.8) is 0 Å². The van der Waals surface area contributed by atoms with E-state index in [1.54, 1.807) is 0 Å². The molecule has 116 valence electrons. The van der Waals surface area contributed by atoms with Gasteiger partial charge in [-0.2, -0.15) is 0 Å². The molecule has 1 atom stereocenters. The molecule has 1 aromatic carbocycles. The van der Waals surface area contributed by atoms with Gasteiger partial charge in [-0.1, -0.05) is 6.92 Å². The van der Waals surface area contributed by atoms with E-state index in [4.69, 9.17) is 5.11 Å². The van der Waals surface area contributed by atoms with E-state index in [0.717, 1.165) is 25.0 Å². The molecule has 1 aliphatic rings. The van der Waals surface area contributed by atoms with Crippen molar-refractivity contribution in [2.24, 2.45) is 5.92 Å². The molecule has 0 radical (unpaired) electrons. The number of benzene rings is 1. The molecule has 1 aromatic rings. The highest BCUT2D eigenvalue weighted by Crippen LogP contribution is 2.35. The van der Waals surface area contributed by atoms with Crippen LogP contribution in [-0.2, 0) is 10.0 Å². The van der Waals surface area contributed by atoms with Crippen molar-refractivity contribution >= 4 is 16.0 Å². The van der Waals surface area contributed by atoms with Crippen LogP contribution >= 0.6 is 0 Å². The van der Waals surface area contributed by atoms with Crippen LogP contribution in [0.5, 0.6) is 0 Å². The first kappa shape index (κ1) is 15.9. The largest absolute Gasteiger partial charge is 0.478 e. The third-order valence-corrected chi connectivity index (χ3v) is 5.13. The van der Waals surface area contributed by atoms with Crippen LogP contribution in [-0.4, -0.2) is 25.5 Å². The Morgan fingerprint density at radius 1 is 1.48 bits per heavy atom. The topological polar surface area (TPSA) is 83.5 Å². The number of carbonyl (C=O) groups is 1. The second-order valence-electron chi connectivity index (χ2n) is 5.40. The van der Waals surface area contributed by atoms with E-state index in [1.165, 1.54) is 6.92 Å². The molecule has 0 bridgehead atoms. The third kappa shape index (κ3) is 3.41. The summed E-state index contributed by atoms with van der Waals surface area (Å²) in [6.45, 7) is 3.39. The van der Waals surface area contributed by atoms with Crippen molar-refractivity contribution in [3.8, 4) is 0 Å². The van der Waals surface area contributed by atoms with Crippen molar-refractivity contribution in [3.05, 3.63) is 29.1 Å². The monoisotopic (exact) mass is 315 g/mol. The van der Waals surface area contributed by atoms with Gasteiger partial charge in [0, 0.05) is 6.04 Å². The zero-order valence-electron chi connectivity index (χ0n) is 11.9. The van der Waals surface area contributed by atoms with Crippen molar-refractivity contribution < 1.29 is 22.7 Å². The Hall–Kier alpha value is -1.47. The van der Waals surface area contributed by atoms with E-state index in [0.29, 0.717) is 12.0 Å². The second-order valence-corrected chi connectivity index (χ2v) is 7.09. The van der Waals surface area contributed by atoms with Crippen LogP contribution < -0.4 is 4.72 Å². The Balaban J connectivity index is 2.41. The number of hydrogen-bond donors (Lipinski definition) is 2. The summed E-state index contributed by atoms with van der Waals surface area (Å²) in [4.78, 5) is 10.4. The molecule has 7 heteroatoms. The minimum absolute atomic E-state index is 0.233. The van der Waals surface area contributed by atoms with Crippen LogP contribution in [0.1, 0.15) is 42.1 Å². The second kappa shape index (κ2) is 5.73. The summed E-state index contributed by atoms with van der Waals surface area (Å²) in [7, 11) is -4.07. The smallest absolute Gasteiger partial charge is 0.338 e. The Morgan fingerprint density at radius 2 is 2.10 bits per heavy atom. The van der Waals surface area contributed by atoms with Crippen LogP contribution in [0.15, 0.2) is 17.0 Å². The number of nitrogens with one attached hydrogen (secondary N) is 1. The minimum atomic E-state index is -4.07. The summed E-state index contributed by atoms with van der Waals surface area (Å²) in [6.07, 6.45) is 2.53. The van der Waals surface area contributed by atoms with E-state index in [1.807, 2.05) is 6.92 Å². The van der Waals surface area contributed by atoms with E-state index < -0.39 is 32.3 Å². The van der Waals surface area contributed by atoms with Crippen LogP contribution in [0, 0.1) is 18.7 Å². The maximum atomic E-state index is 14.2. The van der Waals surface area contributed by atoms with Gasteiger partial charge in [0.25, 0.3) is 0 Å². The lowest BCUT2D eigenvalue weighted by Gasteiger charge is -2.17. The maximum absolute atomic E-state index is 14.2. The number of halogens is 1. The van der Waals surface area contributed by atoms with Crippen molar-refractivity contribution in [2.45, 2.75) is 44.0 Å². The molecule has 5 nitrogen and oxygen atoms in total. The Bertz CT molecular complexity index is 668. The fourth-order valence-corrected chi connectivity index (χ4v) is 3.93. The first-order chi connectivity index (χ1) is 9.76. The van der Waals surface area contributed by atoms with Gasteiger partial charge in [-0.05, 0) is 49.8 Å². The van der Waals surface area contributed by atoms with E-state index >= 15 is 0 Å². The minimum Gasteiger partial charge on any atom is -0.478 e. The molecule has 1 aliphatic carbocycles. The molecule has 1 fully saturated rings. The first-order valence-electron chi connectivity index (χ1n) is 6.82. The fourth-order valence-electron chi connectivity index (χ4n) is 2.36. The summed E-state index contributed by atoms with van der Waals surface area (Å²) in [5, 5.41) is 8.95. The van der Waals surface area contributed by atoms with Crippen LogP contribution in [0.3, 0.4) is 0 Å². The standard InChI is InChI=1S/C14H18FNO4S/c1-3-11(9-4-5-9)16-21(19,20)12-7-8(2)6-10(13(12)15)14(17)18/h6-7,9,11,16H,3-5H2,1-2H3,(H,17,18). The number of rotatable bonds is 6. The van der Waals surface area contributed by atoms with Gasteiger partial charge >= 0.3 is 5.97 Å². The van der Waals surface area contributed by atoms with Crippen molar-refractivity contribution in [1.82, 2.24) is 4.72 Å². The van der Waals surface area contributed by atoms with E-state index in [-0.39, 0.29) is 12.0 Å². The van der Waals surface area contributed by atoms with Crippen LogP contribution in [0.2, 0.25) is 0 Å². The maximum Gasteiger partial charge on any atom is 0.338 e. The Kier molecular flexibility index (Phi) is 4.34. The van der Waals surface area contributed by atoms with Crippen LogP contribution in [0.4, 0.5) is 4.39 Å².